The third kappa shape index (κ3) is 6.80. The molecular weight excluding hydrogens is 360 g/mol. The van der Waals surface area contributed by atoms with Gasteiger partial charge in [-0.3, -0.25) is 14.5 Å². The lowest BCUT2D eigenvalue weighted by molar-refractivity contribution is -0.123. The van der Waals surface area contributed by atoms with Crippen LogP contribution in [0.3, 0.4) is 0 Å². The van der Waals surface area contributed by atoms with Crippen molar-refractivity contribution < 1.29 is 23.8 Å². The molecule has 1 saturated heterocycles. The van der Waals surface area contributed by atoms with E-state index < -0.39 is 0 Å². The summed E-state index contributed by atoms with van der Waals surface area (Å²) in [6.07, 6.45) is 1.02. The predicted octanol–water partition coefficient (Wildman–Crippen LogP) is 2.14. The first-order chi connectivity index (χ1) is 13.4. The van der Waals surface area contributed by atoms with Crippen LogP contribution in [-0.4, -0.2) is 69.2 Å². The van der Waals surface area contributed by atoms with Crippen LogP contribution < -0.4 is 14.8 Å². The Balaban J connectivity index is 1.87. The molecule has 0 spiro atoms. The monoisotopic (exact) mass is 392 g/mol. The van der Waals surface area contributed by atoms with Crippen molar-refractivity contribution in [2.24, 2.45) is 5.92 Å². The number of methoxy groups -OCH3 is 1. The maximum absolute atomic E-state index is 12.3. The third-order valence-electron chi connectivity index (χ3n) is 4.77. The molecule has 7 heteroatoms. The number of benzene rings is 1. The van der Waals surface area contributed by atoms with E-state index in [1.54, 1.807) is 18.2 Å². The van der Waals surface area contributed by atoms with E-state index in [-0.39, 0.29) is 24.3 Å². The number of carbonyl (C=O) groups excluding carboxylic acids is 2. The molecule has 28 heavy (non-hydrogen) atoms. The number of hydrogen-bond donors (Lipinski definition) is 1. The van der Waals surface area contributed by atoms with Gasteiger partial charge in [0.05, 0.1) is 20.3 Å². The Morgan fingerprint density at radius 2 is 1.93 bits per heavy atom. The predicted molar refractivity (Wildman–Crippen MR) is 107 cm³/mol. The second-order valence-corrected chi connectivity index (χ2v) is 7.45. The molecule has 0 aromatic heterocycles. The molecule has 1 aliphatic heterocycles. The Kier molecular flexibility index (Phi) is 8.73. The van der Waals surface area contributed by atoms with Gasteiger partial charge in [-0.05, 0) is 37.5 Å². The summed E-state index contributed by atoms with van der Waals surface area (Å²) in [6.45, 7) is 9.61. The molecule has 1 aliphatic rings. The summed E-state index contributed by atoms with van der Waals surface area (Å²) >= 11 is 0. The summed E-state index contributed by atoms with van der Waals surface area (Å²) < 4.78 is 16.3. The number of ketones is 1. The van der Waals surface area contributed by atoms with Gasteiger partial charge in [0.25, 0.3) is 5.91 Å². The van der Waals surface area contributed by atoms with E-state index in [1.165, 1.54) is 14.0 Å². The van der Waals surface area contributed by atoms with Gasteiger partial charge in [0, 0.05) is 31.2 Å². The third-order valence-corrected chi connectivity index (χ3v) is 4.77. The lowest BCUT2D eigenvalue weighted by Gasteiger charge is -2.35. The van der Waals surface area contributed by atoms with Crippen LogP contribution in [0.15, 0.2) is 18.2 Å². The SMILES string of the molecule is COc1cc(C(C)=O)ccc1OCC(=O)NCC(CC(C)C)N1CCOCC1. The topological polar surface area (TPSA) is 77.1 Å². The van der Waals surface area contributed by atoms with Crippen molar-refractivity contribution in [3.05, 3.63) is 23.8 Å². The molecule has 1 N–H and O–H groups in total. The van der Waals surface area contributed by atoms with Crippen molar-refractivity contribution in [2.75, 3.05) is 46.6 Å². The molecule has 1 atom stereocenters. The molecule has 1 aromatic rings. The highest BCUT2D eigenvalue weighted by atomic mass is 16.5. The van der Waals surface area contributed by atoms with Crippen molar-refractivity contribution in [1.82, 2.24) is 10.2 Å². The number of hydrogen-bond acceptors (Lipinski definition) is 6. The standard InChI is InChI=1S/C21H32N2O5/c1-15(2)11-18(23-7-9-27-10-8-23)13-22-21(25)14-28-19-6-5-17(16(3)24)12-20(19)26-4/h5-6,12,15,18H,7-11,13-14H2,1-4H3,(H,22,25). The van der Waals surface area contributed by atoms with Crippen molar-refractivity contribution >= 4 is 11.7 Å². The lowest BCUT2D eigenvalue weighted by Crippen LogP contribution is -2.49. The van der Waals surface area contributed by atoms with Crippen LogP contribution in [-0.2, 0) is 9.53 Å². The number of Topliss-reactive ketones (excluding diaryl/α,β-unsaturated/α-hetero) is 1. The van der Waals surface area contributed by atoms with Gasteiger partial charge >= 0.3 is 0 Å². The molecule has 7 nitrogen and oxygen atoms in total. The van der Waals surface area contributed by atoms with E-state index in [0.29, 0.717) is 29.5 Å². The highest BCUT2D eigenvalue weighted by Gasteiger charge is 2.22. The Morgan fingerprint density at radius 3 is 2.54 bits per heavy atom. The Bertz CT molecular complexity index is 656. The molecule has 1 fully saturated rings. The Labute approximate surface area is 167 Å². The van der Waals surface area contributed by atoms with Crippen LogP contribution >= 0.6 is 0 Å². The molecule has 0 radical (unpaired) electrons. The van der Waals surface area contributed by atoms with E-state index in [4.69, 9.17) is 14.2 Å². The van der Waals surface area contributed by atoms with Gasteiger partial charge < -0.3 is 19.5 Å². The first kappa shape index (κ1) is 22.2. The molecule has 1 aromatic carbocycles. The maximum atomic E-state index is 12.3. The van der Waals surface area contributed by atoms with Crippen LogP contribution in [0.25, 0.3) is 0 Å². The fourth-order valence-electron chi connectivity index (χ4n) is 3.28. The number of carbonyl (C=O) groups is 2. The van der Waals surface area contributed by atoms with Gasteiger partial charge in [0.1, 0.15) is 0 Å². The Hall–Kier alpha value is -2.12. The highest BCUT2D eigenvalue weighted by molar-refractivity contribution is 5.94. The summed E-state index contributed by atoms with van der Waals surface area (Å²) in [5.74, 6) is 1.19. The van der Waals surface area contributed by atoms with Crippen molar-refractivity contribution in [1.29, 1.82) is 0 Å². The first-order valence-corrected chi connectivity index (χ1v) is 9.81. The minimum absolute atomic E-state index is 0.0538. The number of amides is 1. The summed E-state index contributed by atoms with van der Waals surface area (Å²) in [7, 11) is 1.50. The minimum atomic E-state index is -0.181. The minimum Gasteiger partial charge on any atom is -0.493 e. The van der Waals surface area contributed by atoms with E-state index in [2.05, 4.69) is 24.1 Å². The molecule has 0 aliphatic carbocycles. The van der Waals surface area contributed by atoms with Crippen LogP contribution in [0.5, 0.6) is 11.5 Å². The lowest BCUT2D eigenvalue weighted by atomic mass is 10.0. The quantitative estimate of drug-likeness (QED) is 0.615. The average molecular weight is 392 g/mol. The summed E-state index contributed by atoms with van der Waals surface area (Å²) in [5.41, 5.74) is 0.538. The zero-order chi connectivity index (χ0) is 20.5. The molecule has 0 bridgehead atoms. The van der Waals surface area contributed by atoms with Crippen LogP contribution in [0.4, 0.5) is 0 Å². The number of nitrogens with zero attached hydrogens (tertiary/aromatic N) is 1. The van der Waals surface area contributed by atoms with Crippen molar-refractivity contribution in [3.63, 3.8) is 0 Å². The zero-order valence-corrected chi connectivity index (χ0v) is 17.3. The number of nitrogens with one attached hydrogen (secondary N) is 1. The zero-order valence-electron chi connectivity index (χ0n) is 17.3. The molecule has 1 amide bonds. The van der Waals surface area contributed by atoms with E-state index in [0.717, 1.165) is 32.7 Å². The van der Waals surface area contributed by atoms with Crippen molar-refractivity contribution in [3.8, 4) is 11.5 Å². The second kappa shape index (κ2) is 11.0. The van der Waals surface area contributed by atoms with Crippen LogP contribution in [0.1, 0.15) is 37.6 Å². The van der Waals surface area contributed by atoms with Gasteiger partial charge in [-0.1, -0.05) is 13.8 Å². The fraction of sp³-hybridized carbons (Fsp3) is 0.619. The fourth-order valence-corrected chi connectivity index (χ4v) is 3.28. The molecule has 1 heterocycles. The van der Waals surface area contributed by atoms with Crippen LogP contribution in [0.2, 0.25) is 0 Å². The summed E-state index contributed by atoms with van der Waals surface area (Å²) in [5, 5.41) is 2.98. The van der Waals surface area contributed by atoms with Gasteiger partial charge in [-0.2, -0.15) is 0 Å². The normalized spacial score (nSPS) is 15.9. The number of rotatable bonds is 10. The molecule has 0 saturated carbocycles. The molecule has 2 rings (SSSR count). The Morgan fingerprint density at radius 1 is 1.21 bits per heavy atom. The van der Waals surface area contributed by atoms with E-state index >= 15 is 0 Å². The number of ether oxygens (including phenoxy) is 3. The largest absolute Gasteiger partial charge is 0.493 e. The van der Waals surface area contributed by atoms with Crippen molar-refractivity contribution in [2.45, 2.75) is 33.2 Å². The maximum Gasteiger partial charge on any atom is 0.257 e. The second-order valence-electron chi connectivity index (χ2n) is 7.45. The summed E-state index contributed by atoms with van der Waals surface area (Å²) in [4.78, 5) is 26.1. The number of morpholine rings is 1. The van der Waals surface area contributed by atoms with Crippen LogP contribution in [0, 0.1) is 5.92 Å². The first-order valence-electron chi connectivity index (χ1n) is 9.81. The molecule has 1 unspecified atom stereocenters. The smallest absolute Gasteiger partial charge is 0.257 e. The average Bonchev–Trinajstić information content (AvgIpc) is 2.69. The van der Waals surface area contributed by atoms with Gasteiger partial charge in [0.15, 0.2) is 23.9 Å². The van der Waals surface area contributed by atoms with Gasteiger partial charge in [-0.15, -0.1) is 0 Å². The van der Waals surface area contributed by atoms with E-state index in [1.807, 2.05) is 0 Å². The van der Waals surface area contributed by atoms with Gasteiger partial charge in [0.2, 0.25) is 0 Å². The van der Waals surface area contributed by atoms with E-state index in [9.17, 15) is 9.59 Å². The molecule has 156 valence electrons. The van der Waals surface area contributed by atoms with Gasteiger partial charge in [-0.25, -0.2) is 0 Å². The highest BCUT2D eigenvalue weighted by Crippen LogP contribution is 2.28. The summed E-state index contributed by atoms with van der Waals surface area (Å²) in [6, 6.07) is 5.22. The molecular formula is C21H32N2O5.